The second-order valence-electron chi connectivity index (χ2n) is 4.57. The molecule has 0 spiro atoms. The van der Waals surface area contributed by atoms with Crippen LogP contribution in [-0.2, 0) is 6.54 Å². The number of para-hydroxylation sites is 1. The number of aryl methyl sites for hydroxylation is 1. The van der Waals surface area contributed by atoms with Crippen LogP contribution in [0.1, 0.15) is 30.3 Å². The zero-order valence-corrected chi connectivity index (χ0v) is 13.3. The molecule has 0 saturated carbocycles. The summed E-state index contributed by atoms with van der Waals surface area (Å²) in [6, 6.07) is 10.1. The number of hydrogen-bond acceptors (Lipinski definition) is 3. The Balaban J connectivity index is 2.19. The lowest BCUT2D eigenvalue weighted by atomic mass is 10.3. The number of nitrogens with one attached hydrogen (secondary N) is 1. The van der Waals surface area contributed by atoms with Crippen LogP contribution in [-0.4, -0.2) is 15.7 Å². The van der Waals surface area contributed by atoms with Crippen molar-refractivity contribution in [2.24, 2.45) is 0 Å². The van der Waals surface area contributed by atoms with E-state index in [2.05, 4.69) is 26.3 Å². The summed E-state index contributed by atoms with van der Waals surface area (Å²) in [4.78, 5) is 23.9. The molecule has 1 N–H and O–H groups in total. The highest BCUT2D eigenvalue weighted by Crippen LogP contribution is 2.21. The summed E-state index contributed by atoms with van der Waals surface area (Å²) >= 11 is 3.37. The van der Waals surface area contributed by atoms with Gasteiger partial charge in [-0.1, -0.05) is 25.5 Å². The van der Waals surface area contributed by atoms with E-state index in [0.717, 1.165) is 17.3 Å². The van der Waals surface area contributed by atoms with E-state index in [1.165, 1.54) is 16.8 Å². The molecule has 21 heavy (non-hydrogen) atoms. The maximum absolute atomic E-state index is 12.2. The molecular weight excluding hydrogens is 334 g/mol. The fraction of sp³-hybridized carbons (Fsp3) is 0.267. The van der Waals surface area contributed by atoms with Crippen LogP contribution in [0, 0.1) is 0 Å². The van der Waals surface area contributed by atoms with Gasteiger partial charge in [-0.25, -0.2) is 4.68 Å². The average molecular weight is 350 g/mol. The Morgan fingerprint density at radius 2 is 2.05 bits per heavy atom. The van der Waals surface area contributed by atoms with E-state index < -0.39 is 0 Å². The van der Waals surface area contributed by atoms with Gasteiger partial charge in [-0.15, -0.1) is 0 Å². The van der Waals surface area contributed by atoms with Crippen molar-refractivity contribution in [3.63, 3.8) is 0 Å². The van der Waals surface area contributed by atoms with E-state index in [1.54, 1.807) is 6.07 Å². The van der Waals surface area contributed by atoms with Crippen molar-refractivity contribution in [2.75, 3.05) is 5.32 Å². The molecule has 2 rings (SSSR count). The maximum atomic E-state index is 12.2. The minimum atomic E-state index is -0.341. The van der Waals surface area contributed by atoms with Crippen molar-refractivity contribution in [1.29, 1.82) is 0 Å². The van der Waals surface area contributed by atoms with E-state index in [0.29, 0.717) is 12.2 Å². The fourth-order valence-corrected chi connectivity index (χ4v) is 2.17. The lowest BCUT2D eigenvalue weighted by Gasteiger charge is -2.08. The number of carbonyl (C=O) groups is 1. The number of anilines is 1. The van der Waals surface area contributed by atoms with Crippen LogP contribution in [0.15, 0.2) is 45.7 Å². The number of rotatable bonds is 5. The topological polar surface area (TPSA) is 64.0 Å². The van der Waals surface area contributed by atoms with Gasteiger partial charge in [0.05, 0.1) is 5.69 Å². The SMILES string of the molecule is CCCCn1nc(C(=O)Nc2ccccc2Br)ccc1=O. The van der Waals surface area contributed by atoms with Crippen molar-refractivity contribution in [1.82, 2.24) is 9.78 Å². The van der Waals surface area contributed by atoms with Gasteiger partial charge in [-0.2, -0.15) is 5.10 Å². The Morgan fingerprint density at radius 1 is 1.29 bits per heavy atom. The molecular formula is C15H16BrN3O2. The molecule has 0 bridgehead atoms. The molecule has 0 fully saturated rings. The quantitative estimate of drug-likeness (QED) is 0.902. The number of halogens is 1. The Kier molecular flexibility index (Phi) is 5.27. The Bertz CT molecular complexity index is 697. The normalized spacial score (nSPS) is 10.4. The van der Waals surface area contributed by atoms with Crippen LogP contribution in [0.25, 0.3) is 0 Å². The largest absolute Gasteiger partial charge is 0.320 e. The highest BCUT2D eigenvalue weighted by atomic mass is 79.9. The van der Waals surface area contributed by atoms with Crippen molar-refractivity contribution in [3.05, 3.63) is 56.9 Å². The van der Waals surface area contributed by atoms with E-state index in [4.69, 9.17) is 0 Å². The maximum Gasteiger partial charge on any atom is 0.276 e. The molecule has 0 unspecified atom stereocenters. The number of unbranched alkanes of at least 4 members (excludes halogenated alkanes) is 1. The third-order valence-electron chi connectivity index (χ3n) is 2.94. The molecule has 5 nitrogen and oxygen atoms in total. The number of benzene rings is 1. The van der Waals surface area contributed by atoms with Crippen LogP contribution in [0.5, 0.6) is 0 Å². The molecule has 2 aromatic rings. The van der Waals surface area contributed by atoms with Gasteiger partial charge in [0.2, 0.25) is 0 Å². The third kappa shape index (κ3) is 4.01. The van der Waals surface area contributed by atoms with E-state index >= 15 is 0 Å². The van der Waals surface area contributed by atoms with Crippen molar-refractivity contribution in [2.45, 2.75) is 26.3 Å². The summed E-state index contributed by atoms with van der Waals surface area (Å²) < 4.78 is 2.12. The molecule has 1 amide bonds. The van der Waals surface area contributed by atoms with Gasteiger partial charge in [0, 0.05) is 17.1 Å². The molecule has 1 aromatic carbocycles. The molecule has 0 aliphatic heterocycles. The highest BCUT2D eigenvalue weighted by Gasteiger charge is 2.11. The van der Waals surface area contributed by atoms with E-state index in [-0.39, 0.29) is 17.2 Å². The minimum absolute atomic E-state index is 0.194. The van der Waals surface area contributed by atoms with Gasteiger partial charge in [-0.3, -0.25) is 9.59 Å². The minimum Gasteiger partial charge on any atom is -0.320 e. The average Bonchev–Trinajstić information content (AvgIpc) is 2.48. The lowest BCUT2D eigenvalue weighted by molar-refractivity contribution is 0.101. The van der Waals surface area contributed by atoms with E-state index in [1.807, 2.05) is 25.1 Å². The standard InChI is InChI=1S/C15H16BrN3O2/c1-2-3-10-19-14(20)9-8-13(18-19)15(21)17-12-7-5-4-6-11(12)16/h4-9H,2-3,10H2,1H3,(H,17,21). The summed E-state index contributed by atoms with van der Waals surface area (Å²) in [6.45, 7) is 2.56. The molecule has 0 aliphatic carbocycles. The molecule has 110 valence electrons. The molecule has 0 atom stereocenters. The van der Waals surface area contributed by atoms with Gasteiger partial charge in [0.25, 0.3) is 11.5 Å². The van der Waals surface area contributed by atoms with Crippen LogP contribution >= 0.6 is 15.9 Å². The smallest absolute Gasteiger partial charge is 0.276 e. The first-order chi connectivity index (χ1) is 10.1. The van der Waals surface area contributed by atoms with Gasteiger partial charge in [0.1, 0.15) is 5.69 Å². The van der Waals surface area contributed by atoms with Crippen LogP contribution in [0.2, 0.25) is 0 Å². The highest BCUT2D eigenvalue weighted by molar-refractivity contribution is 9.10. The molecule has 0 aliphatic rings. The monoisotopic (exact) mass is 349 g/mol. The molecule has 1 aromatic heterocycles. The Morgan fingerprint density at radius 3 is 2.76 bits per heavy atom. The number of aromatic nitrogens is 2. The molecule has 1 heterocycles. The van der Waals surface area contributed by atoms with Gasteiger partial charge < -0.3 is 5.32 Å². The van der Waals surface area contributed by atoms with Crippen molar-refractivity contribution >= 4 is 27.5 Å². The summed E-state index contributed by atoms with van der Waals surface area (Å²) in [5, 5.41) is 6.88. The first-order valence-electron chi connectivity index (χ1n) is 6.76. The zero-order valence-electron chi connectivity index (χ0n) is 11.7. The number of hydrogen-bond donors (Lipinski definition) is 1. The number of carbonyl (C=O) groups excluding carboxylic acids is 1. The summed E-state index contributed by atoms with van der Waals surface area (Å²) in [6.07, 6.45) is 1.81. The van der Waals surface area contributed by atoms with Crippen LogP contribution < -0.4 is 10.9 Å². The zero-order chi connectivity index (χ0) is 15.2. The Hall–Kier alpha value is -1.95. The lowest BCUT2D eigenvalue weighted by Crippen LogP contribution is -2.26. The second-order valence-corrected chi connectivity index (χ2v) is 5.42. The molecule has 0 saturated heterocycles. The first-order valence-corrected chi connectivity index (χ1v) is 7.55. The summed E-state index contributed by atoms with van der Waals surface area (Å²) in [5.41, 5.74) is 0.693. The summed E-state index contributed by atoms with van der Waals surface area (Å²) in [7, 11) is 0. The second kappa shape index (κ2) is 7.17. The third-order valence-corrected chi connectivity index (χ3v) is 3.64. The van der Waals surface area contributed by atoms with Crippen molar-refractivity contribution < 1.29 is 4.79 Å². The summed E-state index contributed by atoms with van der Waals surface area (Å²) in [5.74, 6) is -0.341. The predicted octanol–water partition coefficient (Wildman–Crippen LogP) is 3.06. The van der Waals surface area contributed by atoms with Crippen LogP contribution in [0.4, 0.5) is 5.69 Å². The van der Waals surface area contributed by atoms with Gasteiger partial charge in [-0.05, 0) is 40.5 Å². The van der Waals surface area contributed by atoms with E-state index in [9.17, 15) is 9.59 Å². The number of amides is 1. The molecule has 6 heteroatoms. The Labute approximate surface area is 131 Å². The van der Waals surface area contributed by atoms with Gasteiger partial charge in [0.15, 0.2) is 0 Å². The van der Waals surface area contributed by atoms with Crippen molar-refractivity contribution in [3.8, 4) is 0 Å². The first kappa shape index (κ1) is 15.4. The molecule has 0 radical (unpaired) electrons. The number of nitrogens with zero attached hydrogens (tertiary/aromatic N) is 2. The van der Waals surface area contributed by atoms with Crippen LogP contribution in [0.3, 0.4) is 0 Å². The fourth-order valence-electron chi connectivity index (χ4n) is 1.79. The predicted molar refractivity (Wildman–Crippen MR) is 85.5 cm³/mol. The van der Waals surface area contributed by atoms with Gasteiger partial charge >= 0.3 is 0 Å².